The number of terminal acetylenes is 1. The molecule has 2 aromatic carbocycles. The van der Waals surface area contributed by atoms with E-state index in [9.17, 15) is 9.50 Å². The van der Waals surface area contributed by atoms with Crippen molar-refractivity contribution in [3.8, 4) is 18.1 Å². The largest absolute Gasteiger partial charge is 0.507 e. The fourth-order valence-electron chi connectivity index (χ4n) is 1.46. The summed E-state index contributed by atoms with van der Waals surface area (Å²) in [6.45, 7) is 0. The highest BCUT2D eigenvalue weighted by Gasteiger charge is 2.06. The lowest BCUT2D eigenvalue weighted by atomic mass is 10.0. The molecule has 0 heterocycles. The molecule has 2 heteroatoms. The Morgan fingerprint density at radius 3 is 2.64 bits per heavy atom. The van der Waals surface area contributed by atoms with E-state index in [1.807, 2.05) is 0 Å². The summed E-state index contributed by atoms with van der Waals surface area (Å²) < 4.78 is 13.2. The van der Waals surface area contributed by atoms with Crippen molar-refractivity contribution < 1.29 is 9.50 Å². The number of phenolic OH excluding ortho intramolecular Hbond substituents is 1. The van der Waals surface area contributed by atoms with Crippen LogP contribution in [-0.2, 0) is 0 Å². The summed E-state index contributed by atoms with van der Waals surface area (Å²) in [6, 6.07) is 7.64. The second-order valence-corrected chi connectivity index (χ2v) is 2.94. The smallest absolute Gasteiger partial charge is 0.139 e. The topological polar surface area (TPSA) is 20.2 Å². The summed E-state index contributed by atoms with van der Waals surface area (Å²) >= 11 is 0. The van der Waals surface area contributed by atoms with Gasteiger partial charge in [0.15, 0.2) is 0 Å². The van der Waals surface area contributed by atoms with Gasteiger partial charge in [0.25, 0.3) is 0 Å². The first-order valence-electron chi connectivity index (χ1n) is 4.11. The van der Waals surface area contributed by atoms with Crippen molar-refractivity contribution in [1.29, 1.82) is 0 Å². The Morgan fingerprint density at radius 2 is 1.93 bits per heavy atom. The molecule has 2 rings (SSSR count). The van der Waals surface area contributed by atoms with Gasteiger partial charge in [-0.25, -0.2) is 4.39 Å². The van der Waals surface area contributed by atoms with Gasteiger partial charge in [-0.3, -0.25) is 0 Å². The van der Waals surface area contributed by atoms with Crippen LogP contribution in [0.25, 0.3) is 10.8 Å². The van der Waals surface area contributed by atoms with Crippen LogP contribution >= 0.6 is 0 Å². The van der Waals surface area contributed by atoms with Crippen molar-refractivity contribution in [2.75, 3.05) is 0 Å². The molecule has 2 aromatic rings. The van der Waals surface area contributed by atoms with E-state index in [1.54, 1.807) is 18.2 Å². The molecule has 68 valence electrons. The number of rotatable bonds is 0. The summed E-state index contributed by atoms with van der Waals surface area (Å²) in [5.74, 6) is 1.95. The van der Waals surface area contributed by atoms with Gasteiger partial charge < -0.3 is 5.11 Å². The Balaban J connectivity index is 2.97. The molecule has 0 amide bonds. The molecule has 0 aliphatic rings. The van der Waals surface area contributed by atoms with Gasteiger partial charge in [0.2, 0.25) is 0 Å². The third kappa shape index (κ3) is 1.11. The Morgan fingerprint density at radius 1 is 1.14 bits per heavy atom. The van der Waals surface area contributed by atoms with E-state index in [0.29, 0.717) is 10.8 Å². The normalized spacial score (nSPS) is 10.0. The molecule has 0 atom stereocenters. The number of hydrogen-bond donors (Lipinski definition) is 1. The summed E-state index contributed by atoms with van der Waals surface area (Å²) in [5.41, 5.74) is 0.193. The average Bonchev–Trinajstić information content (AvgIpc) is 2.18. The second kappa shape index (κ2) is 3.04. The van der Waals surface area contributed by atoms with Crippen molar-refractivity contribution in [2.45, 2.75) is 0 Å². The van der Waals surface area contributed by atoms with Crippen molar-refractivity contribution in [2.24, 2.45) is 0 Å². The van der Waals surface area contributed by atoms with E-state index < -0.39 is 5.82 Å². The lowest BCUT2D eigenvalue weighted by molar-refractivity contribution is 0.481. The fraction of sp³-hybridized carbons (Fsp3) is 0. The summed E-state index contributed by atoms with van der Waals surface area (Å²) in [6.07, 6.45) is 5.20. The highest BCUT2D eigenvalue weighted by Crippen LogP contribution is 2.27. The van der Waals surface area contributed by atoms with E-state index in [1.165, 1.54) is 12.1 Å². The zero-order valence-corrected chi connectivity index (χ0v) is 7.29. The minimum atomic E-state index is -0.439. The maximum Gasteiger partial charge on any atom is 0.139 e. The molecule has 0 radical (unpaired) electrons. The van der Waals surface area contributed by atoms with E-state index in [2.05, 4.69) is 5.92 Å². The molecular weight excluding hydrogens is 179 g/mol. The maximum atomic E-state index is 13.2. The molecule has 14 heavy (non-hydrogen) atoms. The molecule has 0 fully saturated rings. The van der Waals surface area contributed by atoms with Crippen molar-refractivity contribution in [3.63, 3.8) is 0 Å². The number of hydrogen-bond acceptors (Lipinski definition) is 1. The first-order chi connectivity index (χ1) is 6.74. The maximum absolute atomic E-state index is 13.2. The summed E-state index contributed by atoms with van der Waals surface area (Å²) in [5, 5.41) is 10.6. The fourth-order valence-corrected chi connectivity index (χ4v) is 1.46. The van der Waals surface area contributed by atoms with Gasteiger partial charge in [0.05, 0.1) is 5.56 Å². The molecule has 0 aliphatic carbocycles. The number of fused-ring (bicyclic) bond motifs is 1. The van der Waals surface area contributed by atoms with Gasteiger partial charge in [-0.15, -0.1) is 6.42 Å². The van der Waals surface area contributed by atoms with Crippen LogP contribution in [-0.4, -0.2) is 5.11 Å². The van der Waals surface area contributed by atoms with Crippen molar-refractivity contribution in [1.82, 2.24) is 0 Å². The lowest BCUT2D eigenvalue weighted by Crippen LogP contribution is -1.85. The van der Waals surface area contributed by atoms with Crippen LogP contribution in [0, 0.1) is 18.2 Å². The molecule has 0 aliphatic heterocycles. The Hall–Kier alpha value is -2.01. The zero-order chi connectivity index (χ0) is 10.1. The van der Waals surface area contributed by atoms with Gasteiger partial charge in [-0.2, -0.15) is 0 Å². The average molecular weight is 186 g/mol. The van der Waals surface area contributed by atoms with Gasteiger partial charge in [0, 0.05) is 10.8 Å². The van der Waals surface area contributed by atoms with E-state index in [-0.39, 0.29) is 11.3 Å². The van der Waals surface area contributed by atoms with Crippen LogP contribution < -0.4 is 0 Å². The predicted octanol–water partition coefficient (Wildman–Crippen LogP) is 2.67. The molecule has 0 saturated heterocycles. The first kappa shape index (κ1) is 8.58. The van der Waals surface area contributed by atoms with Crippen LogP contribution in [0.2, 0.25) is 0 Å². The van der Waals surface area contributed by atoms with Crippen LogP contribution in [0.3, 0.4) is 0 Å². The van der Waals surface area contributed by atoms with Gasteiger partial charge in [-0.1, -0.05) is 18.1 Å². The van der Waals surface area contributed by atoms with E-state index in [0.717, 1.165) is 0 Å². The van der Waals surface area contributed by atoms with E-state index in [4.69, 9.17) is 6.42 Å². The minimum absolute atomic E-state index is 0.110. The zero-order valence-electron chi connectivity index (χ0n) is 7.29. The monoisotopic (exact) mass is 186 g/mol. The van der Waals surface area contributed by atoms with Crippen LogP contribution in [0.4, 0.5) is 4.39 Å². The summed E-state index contributed by atoms with van der Waals surface area (Å²) in [7, 11) is 0. The number of halogens is 1. The molecule has 0 spiro atoms. The van der Waals surface area contributed by atoms with Crippen LogP contribution in [0.1, 0.15) is 5.56 Å². The summed E-state index contributed by atoms with van der Waals surface area (Å²) in [4.78, 5) is 0. The number of benzene rings is 2. The van der Waals surface area contributed by atoms with Gasteiger partial charge in [0.1, 0.15) is 11.6 Å². The standard InChI is InChI=1S/C12H7FO/c1-2-8-9-4-3-5-12(14)10(9)6-7-11(8)13/h1,3-7,14H. The molecule has 1 nitrogen and oxygen atoms in total. The van der Waals surface area contributed by atoms with Gasteiger partial charge in [-0.05, 0) is 18.2 Å². The van der Waals surface area contributed by atoms with Crippen molar-refractivity contribution >= 4 is 10.8 Å². The van der Waals surface area contributed by atoms with Crippen molar-refractivity contribution in [3.05, 3.63) is 41.7 Å². The quantitative estimate of drug-likeness (QED) is 0.627. The SMILES string of the molecule is C#Cc1c(F)ccc2c(O)cccc12. The first-order valence-corrected chi connectivity index (χ1v) is 4.11. The Bertz CT molecular complexity index is 538. The molecule has 0 unspecified atom stereocenters. The molecule has 1 N–H and O–H groups in total. The predicted molar refractivity (Wildman–Crippen MR) is 53.5 cm³/mol. The second-order valence-electron chi connectivity index (χ2n) is 2.94. The van der Waals surface area contributed by atoms with Crippen LogP contribution in [0.15, 0.2) is 30.3 Å². The van der Waals surface area contributed by atoms with E-state index >= 15 is 0 Å². The number of phenols is 1. The highest BCUT2D eigenvalue weighted by molar-refractivity contribution is 5.92. The minimum Gasteiger partial charge on any atom is -0.507 e. The van der Waals surface area contributed by atoms with Crippen LogP contribution in [0.5, 0.6) is 5.75 Å². The Kier molecular flexibility index (Phi) is 1.86. The van der Waals surface area contributed by atoms with Gasteiger partial charge >= 0.3 is 0 Å². The molecular formula is C12H7FO. The molecule has 0 aromatic heterocycles. The third-order valence-electron chi connectivity index (χ3n) is 2.13. The Labute approximate surface area is 80.8 Å². The molecule has 0 bridgehead atoms. The lowest BCUT2D eigenvalue weighted by Gasteiger charge is -2.03. The number of aromatic hydroxyl groups is 1. The highest BCUT2D eigenvalue weighted by atomic mass is 19.1. The molecule has 0 saturated carbocycles. The third-order valence-corrected chi connectivity index (χ3v) is 2.13.